The molecule has 2 heterocycles. The van der Waals surface area contributed by atoms with Crippen LogP contribution in [-0.4, -0.2) is 40.2 Å². The van der Waals surface area contributed by atoms with Gasteiger partial charge < -0.3 is 0 Å². The van der Waals surface area contributed by atoms with Gasteiger partial charge in [0, 0.05) is 25.6 Å². The summed E-state index contributed by atoms with van der Waals surface area (Å²) in [4.78, 5) is 13.2. The Morgan fingerprint density at radius 3 is 2.31 bits per heavy atom. The fraction of sp³-hybridized carbons (Fsp3) is 0.417. The van der Waals surface area contributed by atoms with E-state index in [0.29, 0.717) is 43.9 Å². The zero-order valence-corrected chi connectivity index (χ0v) is 19.7. The molecule has 0 aliphatic carbocycles. The van der Waals surface area contributed by atoms with E-state index in [1.54, 1.807) is 21.0 Å². The summed E-state index contributed by atoms with van der Waals surface area (Å²) in [5, 5.41) is 4.67. The zero-order valence-electron chi connectivity index (χ0n) is 18.9. The highest BCUT2D eigenvalue weighted by Crippen LogP contribution is 2.30. The molecule has 0 N–H and O–H groups in total. The minimum absolute atomic E-state index is 0.0610. The summed E-state index contributed by atoms with van der Waals surface area (Å²) in [5.41, 5.74) is 2.95. The first-order valence-electron chi connectivity index (χ1n) is 11.1. The Labute approximate surface area is 189 Å². The van der Waals surface area contributed by atoms with Crippen LogP contribution < -0.4 is 5.69 Å². The molecule has 0 atom stereocenters. The molecule has 1 aliphatic rings. The lowest BCUT2D eigenvalue weighted by molar-refractivity contribution is 0.308. The number of sulfonamides is 1. The van der Waals surface area contributed by atoms with E-state index in [2.05, 4.69) is 5.10 Å². The average Bonchev–Trinajstić information content (AvgIpc) is 3.11. The second kappa shape index (κ2) is 9.03. The van der Waals surface area contributed by atoms with Crippen molar-refractivity contribution in [2.24, 2.45) is 0 Å². The number of aryl methyl sites for hydroxylation is 2. The Morgan fingerprint density at radius 1 is 1.00 bits per heavy atom. The number of hydrogen-bond donors (Lipinski definition) is 0. The molecule has 8 heteroatoms. The fourth-order valence-electron chi connectivity index (χ4n) is 4.29. The van der Waals surface area contributed by atoms with Crippen LogP contribution in [0.2, 0.25) is 0 Å². The Morgan fingerprint density at radius 2 is 1.69 bits per heavy atom. The highest BCUT2D eigenvalue weighted by molar-refractivity contribution is 7.89. The summed E-state index contributed by atoms with van der Waals surface area (Å²) < 4.78 is 31.1. The van der Waals surface area contributed by atoms with Crippen molar-refractivity contribution in [2.75, 3.05) is 13.1 Å². The molecule has 3 aromatic rings. The van der Waals surface area contributed by atoms with Gasteiger partial charge in [-0.2, -0.15) is 9.40 Å². The van der Waals surface area contributed by atoms with Crippen LogP contribution in [0.3, 0.4) is 0 Å². The molecule has 4 rings (SSSR count). The van der Waals surface area contributed by atoms with E-state index in [0.717, 1.165) is 22.5 Å². The van der Waals surface area contributed by atoms with Gasteiger partial charge >= 0.3 is 5.69 Å². The third kappa shape index (κ3) is 4.29. The van der Waals surface area contributed by atoms with Gasteiger partial charge in [0.1, 0.15) is 5.82 Å². The van der Waals surface area contributed by atoms with Crippen LogP contribution in [0.15, 0.2) is 58.2 Å². The van der Waals surface area contributed by atoms with Crippen molar-refractivity contribution in [2.45, 2.75) is 57.5 Å². The molecule has 1 saturated heterocycles. The summed E-state index contributed by atoms with van der Waals surface area (Å²) in [6.45, 7) is 7.66. The van der Waals surface area contributed by atoms with Gasteiger partial charge in [-0.05, 0) is 62.4 Å². The van der Waals surface area contributed by atoms with E-state index >= 15 is 0 Å². The van der Waals surface area contributed by atoms with Gasteiger partial charge in [0.05, 0.1) is 11.4 Å². The van der Waals surface area contributed by atoms with Gasteiger partial charge in [0.25, 0.3) is 0 Å². The Bertz CT molecular complexity index is 1250. The summed E-state index contributed by atoms with van der Waals surface area (Å²) in [6, 6.07) is 15.1. The SMILES string of the molecule is CCn1c(C2CCN(S(=O)(=O)c3ccc(C)c(C)c3)CC2)nn(Cc2ccccc2)c1=O. The van der Waals surface area contributed by atoms with Crippen LogP contribution >= 0.6 is 0 Å². The predicted octanol–water partition coefficient (Wildman–Crippen LogP) is 3.30. The van der Waals surface area contributed by atoms with Crippen molar-refractivity contribution in [3.63, 3.8) is 0 Å². The van der Waals surface area contributed by atoms with Crippen molar-refractivity contribution in [3.8, 4) is 0 Å². The molecule has 1 fully saturated rings. The normalized spacial score (nSPS) is 15.8. The maximum absolute atomic E-state index is 13.1. The number of piperidine rings is 1. The third-order valence-corrected chi connectivity index (χ3v) is 8.27. The smallest absolute Gasteiger partial charge is 0.279 e. The molecule has 0 spiro atoms. The van der Waals surface area contributed by atoms with Gasteiger partial charge in [0.2, 0.25) is 10.0 Å². The van der Waals surface area contributed by atoms with Gasteiger partial charge in [-0.3, -0.25) is 4.57 Å². The van der Waals surface area contributed by atoms with Crippen LogP contribution in [0, 0.1) is 13.8 Å². The summed E-state index contributed by atoms with van der Waals surface area (Å²) in [6.07, 6.45) is 1.29. The maximum Gasteiger partial charge on any atom is 0.346 e. The minimum atomic E-state index is -3.53. The standard InChI is InChI=1S/C24H30N4O3S/c1-4-27-23(25-28(24(27)29)17-20-8-6-5-7-9-20)21-12-14-26(15-13-21)32(30,31)22-11-10-18(2)19(3)16-22/h5-11,16,21H,4,12-15,17H2,1-3H3. The number of benzene rings is 2. The second-order valence-corrected chi connectivity index (χ2v) is 10.4. The van der Waals surface area contributed by atoms with E-state index in [9.17, 15) is 13.2 Å². The molecule has 32 heavy (non-hydrogen) atoms. The van der Waals surface area contributed by atoms with Crippen molar-refractivity contribution in [3.05, 3.63) is 81.5 Å². The van der Waals surface area contributed by atoms with Gasteiger partial charge in [-0.15, -0.1) is 0 Å². The molecular weight excluding hydrogens is 424 g/mol. The summed E-state index contributed by atoms with van der Waals surface area (Å²) >= 11 is 0. The first-order valence-corrected chi connectivity index (χ1v) is 12.5. The van der Waals surface area contributed by atoms with Crippen LogP contribution in [0.4, 0.5) is 0 Å². The summed E-state index contributed by atoms with van der Waals surface area (Å²) in [5.74, 6) is 0.822. The lowest BCUT2D eigenvalue weighted by atomic mass is 9.97. The molecule has 2 aromatic carbocycles. The quantitative estimate of drug-likeness (QED) is 0.573. The zero-order chi connectivity index (χ0) is 22.9. The topological polar surface area (TPSA) is 77.2 Å². The lowest BCUT2D eigenvalue weighted by Gasteiger charge is -2.30. The van der Waals surface area contributed by atoms with E-state index in [1.165, 1.54) is 4.68 Å². The van der Waals surface area contributed by atoms with Gasteiger partial charge in [0.15, 0.2) is 0 Å². The minimum Gasteiger partial charge on any atom is -0.279 e. The van der Waals surface area contributed by atoms with Crippen molar-refractivity contribution < 1.29 is 8.42 Å². The summed E-state index contributed by atoms with van der Waals surface area (Å²) in [7, 11) is -3.53. The second-order valence-electron chi connectivity index (χ2n) is 8.45. The van der Waals surface area contributed by atoms with Gasteiger partial charge in [-0.25, -0.2) is 17.9 Å². The van der Waals surface area contributed by atoms with Crippen LogP contribution in [0.25, 0.3) is 0 Å². The molecule has 7 nitrogen and oxygen atoms in total. The number of rotatable bonds is 6. The number of nitrogens with zero attached hydrogens (tertiary/aromatic N) is 4. The van der Waals surface area contributed by atoms with Crippen LogP contribution in [0.5, 0.6) is 0 Å². The molecule has 170 valence electrons. The highest BCUT2D eigenvalue weighted by atomic mass is 32.2. The third-order valence-electron chi connectivity index (χ3n) is 6.38. The molecule has 0 amide bonds. The Kier molecular flexibility index (Phi) is 6.35. The average molecular weight is 455 g/mol. The first kappa shape index (κ1) is 22.5. The van der Waals surface area contributed by atoms with E-state index in [-0.39, 0.29) is 11.6 Å². The van der Waals surface area contributed by atoms with E-state index < -0.39 is 10.0 Å². The first-order chi connectivity index (χ1) is 15.3. The Balaban J connectivity index is 1.52. The lowest BCUT2D eigenvalue weighted by Crippen LogP contribution is -2.38. The number of aromatic nitrogens is 3. The fourth-order valence-corrected chi connectivity index (χ4v) is 5.85. The number of hydrogen-bond acceptors (Lipinski definition) is 4. The molecular formula is C24H30N4O3S. The molecule has 0 bridgehead atoms. The van der Waals surface area contributed by atoms with Crippen molar-refractivity contribution in [1.82, 2.24) is 18.7 Å². The van der Waals surface area contributed by atoms with Crippen molar-refractivity contribution in [1.29, 1.82) is 0 Å². The van der Waals surface area contributed by atoms with Crippen LogP contribution in [-0.2, 0) is 23.1 Å². The molecule has 0 unspecified atom stereocenters. The monoisotopic (exact) mass is 454 g/mol. The molecule has 1 aromatic heterocycles. The predicted molar refractivity (Wildman–Crippen MR) is 124 cm³/mol. The molecule has 0 radical (unpaired) electrons. The highest BCUT2D eigenvalue weighted by Gasteiger charge is 2.32. The largest absolute Gasteiger partial charge is 0.346 e. The van der Waals surface area contributed by atoms with E-state index in [4.69, 9.17) is 0 Å². The van der Waals surface area contributed by atoms with Crippen molar-refractivity contribution >= 4 is 10.0 Å². The molecule has 1 aliphatic heterocycles. The maximum atomic E-state index is 13.1. The van der Waals surface area contributed by atoms with Gasteiger partial charge in [-0.1, -0.05) is 36.4 Å². The van der Waals surface area contributed by atoms with Crippen LogP contribution in [0.1, 0.15) is 48.2 Å². The molecule has 0 saturated carbocycles. The van der Waals surface area contributed by atoms with E-state index in [1.807, 2.05) is 57.2 Å². The Hall–Kier alpha value is -2.71.